The van der Waals surface area contributed by atoms with Crippen molar-refractivity contribution >= 4 is 22.4 Å². The van der Waals surface area contributed by atoms with Gasteiger partial charge in [0.15, 0.2) is 0 Å². The van der Waals surface area contributed by atoms with E-state index in [4.69, 9.17) is 0 Å². The zero-order chi connectivity index (χ0) is 22.5. The molecule has 0 fully saturated rings. The molecule has 1 aromatic heterocycles. The first-order valence-corrected chi connectivity index (χ1v) is 12.0. The number of fused-ring (bicyclic) bond motifs is 2. The number of carbonyl (C=O) groups is 1. The van der Waals surface area contributed by atoms with Gasteiger partial charge in [-0.2, -0.15) is 0 Å². The first-order valence-electron chi connectivity index (χ1n) is 12.0. The molecular weight excluding hydrogens is 394 g/mol. The van der Waals surface area contributed by atoms with Gasteiger partial charge in [-0.1, -0.05) is 49.6 Å². The first-order chi connectivity index (χ1) is 15.5. The molecule has 0 aliphatic carbocycles. The van der Waals surface area contributed by atoms with Crippen molar-refractivity contribution in [2.45, 2.75) is 65.5 Å². The van der Waals surface area contributed by atoms with Gasteiger partial charge in [-0.3, -0.25) is 14.7 Å². The Kier molecular flexibility index (Phi) is 7.21. The van der Waals surface area contributed by atoms with Gasteiger partial charge in [0.2, 0.25) is 5.91 Å². The van der Waals surface area contributed by atoms with Crippen molar-refractivity contribution in [3.63, 3.8) is 0 Å². The van der Waals surface area contributed by atoms with Crippen molar-refractivity contribution in [2.75, 3.05) is 18.0 Å². The van der Waals surface area contributed by atoms with Crippen molar-refractivity contribution in [3.8, 4) is 11.1 Å². The third kappa shape index (κ3) is 5.02. The SMILES string of the molecule is CC(=O)N1CCCCCCCN(C(C)C)Cc2cc(-c3cncc4ccccc34)ccc21. The van der Waals surface area contributed by atoms with E-state index in [1.54, 1.807) is 6.92 Å². The molecule has 0 radical (unpaired) electrons. The molecule has 2 heterocycles. The van der Waals surface area contributed by atoms with Crippen LogP contribution in [0.25, 0.3) is 21.9 Å². The summed E-state index contributed by atoms with van der Waals surface area (Å²) in [5.74, 6) is 0.124. The average Bonchev–Trinajstić information content (AvgIpc) is 2.78. The average molecular weight is 430 g/mol. The number of hydrogen-bond acceptors (Lipinski definition) is 3. The van der Waals surface area contributed by atoms with Gasteiger partial charge in [0.1, 0.15) is 0 Å². The summed E-state index contributed by atoms with van der Waals surface area (Å²) in [6.07, 6.45) is 9.86. The highest BCUT2D eigenvalue weighted by atomic mass is 16.2. The fraction of sp³-hybridized carbons (Fsp3) is 0.429. The van der Waals surface area contributed by atoms with Crippen LogP contribution >= 0.6 is 0 Å². The minimum absolute atomic E-state index is 0.124. The first kappa shape index (κ1) is 22.5. The maximum absolute atomic E-state index is 12.6. The smallest absolute Gasteiger partial charge is 0.223 e. The summed E-state index contributed by atoms with van der Waals surface area (Å²) in [6, 6.07) is 15.5. The Morgan fingerprint density at radius 1 is 0.938 bits per heavy atom. The van der Waals surface area contributed by atoms with Gasteiger partial charge >= 0.3 is 0 Å². The number of hydrogen-bond donors (Lipinski definition) is 0. The Morgan fingerprint density at radius 2 is 1.69 bits per heavy atom. The lowest BCUT2D eigenvalue weighted by molar-refractivity contribution is -0.116. The molecule has 0 saturated heterocycles. The van der Waals surface area contributed by atoms with Gasteiger partial charge in [0.05, 0.1) is 0 Å². The van der Waals surface area contributed by atoms with Crippen molar-refractivity contribution in [3.05, 3.63) is 60.4 Å². The maximum Gasteiger partial charge on any atom is 0.223 e. The van der Waals surface area contributed by atoms with Gasteiger partial charge in [-0.25, -0.2) is 0 Å². The number of anilines is 1. The number of carbonyl (C=O) groups excluding carboxylic acids is 1. The van der Waals surface area contributed by atoms with Crippen molar-refractivity contribution < 1.29 is 4.79 Å². The summed E-state index contributed by atoms with van der Waals surface area (Å²) in [4.78, 5) is 21.7. The van der Waals surface area contributed by atoms with Gasteiger partial charge < -0.3 is 4.90 Å². The zero-order valence-electron chi connectivity index (χ0n) is 19.7. The normalized spacial score (nSPS) is 16.4. The second kappa shape index (κ2) is 10.3. The van der Waals surface area contributed by atoms with E-state index in [9.17, 15) is 4.79 Å². The molecule has 4 nitrogen and oxygen atoms in total. The van der Waals surface area contributed by atoms with Gasteiger partial charge in [0, 0.05) is 55.1 Å². The van der Waals surface area contributed by atoms with E-state index < -0.39 is 0 Å². The number of pyridine rings is 1. The van der Waals surface area contributed by atoms with E-state index in [1.165, 1.54) is 36.6 Å². The Labute approximate surface area is 192 Å². The van der Waals surface area contributed by atoms with Crippen molar-refractivity contribution in [2.24, 2.45) is 0 Å². The topological polar surface area (TPSA) is 36.4 Å². The minimum Gasteiger partial charge on any atom is -0.312 e. The Hall–Kier alpha value is -2.72. The largest absolute Gasteiger partial charge is 0.312 e. The van der Waals surface area contributed by atoms with Crippen LogP contribution in [0.2, 0.25) is 0 Å². The van der Waals surface area contributed by atoms with Crippen LogP contribution < -0.4 is 4.90 Å². The molecule has 0 unspecified atom stereocenters. The number of rotatable bonds is 2. The van der Waals surface area contributed by atoms with Crippen molar-refractivity contribution in [1.29, 1.82) is 0 Å². The van der Waals surface area contributed by atoms with Gasteiger partial charge in [0.25, 0.3) is 0 Å². The van der Waals surface area contributed by atoms with E-state index >= 15 is 0 Å². The molecule has 0 atom stereocenters. The summed E-state index contributed by atoms with van der Waals surface area (Å²) in [7, 11) is 0. The molecule has 0 bridgehead atoms. The van der Waals surface area contributed by atoms with E-state index in [1.807, 2.05) is 17.3 Å². The summed E-state index contributed by atoms with van der Waals surface area (Å²) >= 11 is 0. The fourth-order valence-electron chi connectivity index (χ4n) is 4.79. The number of nitrogens with zero attached hydrogens (tertiary/aromatic N) is 3. The molecule has 1 aliphatic heterocycles. The third-order valence-corrected chi connectivity index (χ3v) is 6.66. The van der Waals surface area contributed by atoms with Crippen LogP contribution in [0.4, 0.5) is 5.69 Å². The van der Waals surface area contributed by atoms with Crippen molar-refractivity contribution in [1.82, 2.24) is 9.88 Å². The lowest BCUT2D eigenvalue weighted by atomic mass is 9.97. The van der Waals surface area contributed by atoms with Crippen LogP contribution in [-0.4, -0.2) is 34.9 Å². The van der Waals surface area contributed by atoms with Gasteiger partial charge in [-0.15, -0.1) is 0 Å². The predicted molar refractivity (Wildman–Crippen MR) is 134 cm³/mol. The molecule has 1 amide bonds. The Balaban J connectivity index is 1.82. The second-order valence-electron chi connectivity index (χ2n) is 9.25. The Bertz CT molecular complexity index is 1070. The molecule has 2 aromatic carbocycles. The number of aromatic nitrogens is 1. The van der Waals surface area contributed by atoms with Crippen LogP contribution in [0.3, 0.4) is 0 Å². The summed E-state index contributed by atoms with van der Waals surface area (Å²) < 4.78 is 0. The highest BCUT2D eigenvalue weighted by molar-refractivity contribution is 5.97. The highest BCUT2D eigenvalue weighted by Gasteiger charge is 2.20. The maximum atomic E-state index is 12.6. The monoisotopic (exact) mass is 429 g/mol. The quantitative estimate of drug-likeness (QED) is 0.471. The lowest BCUT2D eigenvalue weighted by Crippen LogP contribution is -2.34. The molecule has 168 valence electrons. The lowest BCUT2D eigenvalue weighted by Gasteiger charge is -2.31. The standard InChI is InChI=1S/C28H35N3O/c1-21(2)30-15-9-5-4-6-10-16-31(22(3)32)28-14-13-23(17-25(28)20-30)27-19-29-18-24-11-7-8-12-26(24)27/h7-8,11-14,17-19,21H,4-6,9-10,15-16,20H2,1-3H3. The number of amides is 1. The van der Waals surface area contributed by atoms with Crippen LogP contribution in [0.5, 0.6) is 0 Å². The predicted octanol–water partition coefficient (Wildman–Crippen LogP) is 6.43. The zero-order valence-corrected chi connectivity index (χ0v) is 19.7. The summed E-state index contributed by atoms with van der Waals surface area (Å²) in [5, 5.41) is 2.35. The molecule has 4 rings (SSSR count). The number of benzene rings is 2. The van der Waals surface area contributed by atoms with E-state index in [-0.39, 0.29) is 5.91 Å². The van der Waals surface area contributed by atoms with E-state index in [2.05, 4.69) is 66.2 Å². The molecule has 4 heteroatoms. The highest BCUT2D eigenvalue weighted by Crippen LogP contribution is 2.33. The minimum atomic E-state index is 0.124. The Morgan fingerprint density at radius 3 is 2.47 bits per heavy atom. The van der Waals surface area contributed by atoms with E-state index in [0.29, 0.717) is 6.04 Å². The molecular formula is C28H35N3O. The van der Waals surface area contributed by atoms with Crippen LogP contribution in [0.1, 0.15) is 58.4 Å². The molecule has 32 heavy (non-hydrogen) atoms. The fourth-order valence-corrected chi connectivity index (χ4v) is 4.79. The van der Waals surface area contributed by atoms with Crippen LogP contribution in [-0.2, 0) is 11.3 Å². The third-order valence-electron chi connectivity index (χ3n) is 6.66. The molecule has 1 aliphatic rings. The molecule has 0 spiro atoms. The summed E-state index contributed by atoms with van der Waals surface area (Å²) in [5.41, 5.74) is 4.58. The van der Waals surface area contributed by atoms with Crippen LogP contribution in [0, 0.1) is 0 Å². The van der Waals surface area contributed by atoms with Crippen LogP contribution in [0.15, 0.2) is 54.9 Å². The second-order valence-corrected chi connectivity index (χ2v) is 9.25. The van der Waals surface area contributed by atoms with E-state index in [0.717, 1.165) is 48.3 Å². The molecule has 3 aromatic rings. The molecule has 0 saturated carbocycles. The summed E-state index contributed by atoms with van der Waals surface area (Å²) in [6.45, 7) is 8.97. The van der Waals surface area contributed by atoms with Gasteiger partial charge in [-0.05, 0) is 61.9 Å². The molecule has 0 N–H and O–H groups in total.